The van der Waals surface area contributed by atoms with E-state index < -0.39 is 0 Å². The Hall–Kier alpha value is -2.60. The highest BCUT2D eigenvalue weighted by Gasteiger charge is 2.14. The molecule has 0 saturated carbocycles. The van der Waals surface area contributed by atoms with Crippen LogP contribution in [0.5, 0.6) is 0 Å². The SMILES string of the molecule is S=c1[nH]nc(-c2c[nH]c3ccccc23)n1Cc1ccco1. The van der Waals surface area contributed by atoms with E-state index in [-0.39, 0.29) is 0 Å². The Morgan fingerprint density at radius 3 is 2.95 bits per heavy atom. The van der Waals surface area contributed by atoms with E-state index in [1.807, 2.05) is 41.1 Å². The van der Waals surface area contributed by atoms with Crippen molar-refractivity contribution in [2.24, 2.45) is 0 Å². The van der Waals surface area contributed by atoms with Crippen molar-refractivity contribution < 1.29 is 4.42 Å². The molecule has 0 radical (unpaired) electrons. The second-order valence-corrected chi connectivity index (χ2v) is 5.15. The molecule has 0 aliphatic carbocycles. The Morgan fingerprint density at radius 1 is 1.19 bits per heavy atom. The standard InChI is InChI=1S/C15H12N4OS/c21-15-18-17-14(19(15)9-10-4-3-7-20-10)12-8-16-13-6-2-1-5-11(12)13/h1-8,16H,9H2,(H,18,21). The maximum absolute atomic E-state index is 5.41. The summed E-state index contributed by atoms with van der Waals surface area (Å²) in [6.45, 7) is 0.553. The second-order valence-electron chi connectivity index (χ2n) is 4.77. The van der Waals surface area contributed by atoms with Crippen molar-refractivity contribution in [2.75, 3.05) is 0 Å². The third-order valence-electron chi connectivity index (χ3n) is 3.48. The molecule has 0 unspecified atom stereocenters. The molecular weight excluding hydrogens is 284 g/mol. The topological polar surface area (TPSA) is 62.5 Å². The minimum Gasteiger partial charge on any atom is -0.467 e. The molecule has 2 N–H and O–H groups in total. The number of aromatic nitrogens is 4. The van der Waals surface area contributed by atoms with Crippen molar-refractivity contribution in [2.45, 2.75) is 6.54 Å². The predicted molar refractivity (Wildman–Crippen MR) is 82.5 cm³/mol. The third kappa shape index (κ3) is 2.00. The number of fused-ring (bicyclic) bond motifs is 1. The minimum absolute atomic E-state index is 0.553. The molecule has 0 aliphatic rings. The van der Waals surface area contributed by atoms with E-state index in [0.29, 0.717) is 11.3 Å². The number of rotatable bonds is 3. The molecule has 0 atom stereocenters. The molecule has 0 fully saturated rings. The van der Waals surface area contributed by atoms with Gasteiger partial charge in [-0.05, 0) is 30.4 Å². The van der Waals surface area contributed by atoms with Gasteiger partial charge in [-0.3, -0.25) is 9.67 Å². The molecule has 3 heterocycles. The fourth-order valence-corrected chi connectivity index (χ4v) is 2.68. The first-order valence-electron chi connectivity index (χ1n) is 6.57. The predicted octanol–water partition coefficient (Wildman–Crippen LogP) is 3.73. The Labute approximate surface area is 125 Å². The number of para-hydroxylation sites is 1. The van der Waals surface area contributed by atoms with E-state index in [1.165, 1.54) is 0 Å². The van der Waals surface area contributed by atoms with E-state index in [2.05, 4.69) is 21.2 Å². The maximum Gasteiger partial charge on any atom is 0.195 e. The van der Waals surface area contributed by atoms with Gasteiger partial charge >= 0.3 is 0 Å². The summed E-state index contributed by atoms with van der Waals surface area (Å²) < 4.78 is 7.91. The van der Waals surface area contributed by atoms with Crippen LogP contribution in [-0.4, -0.2) is 19.7 Å². The van der Waals surface area contributed by atoms with Crippen molar-refractivity contribution >= 4 is 23.1 Å². The molecule has 0 amide bonds. The molecule has 104 valence electrons. The van der Waals surface area contributed by atoms with Gasteiger partial charge in [-0.15, -0.1) is 0 Å². The molecule has 3 aromatic heterocycles. The molecule has 0 aliphatic heterocycles. The van der Waals surface area contributed by atoms with Crippen molar-refractivity contribution in [1.29, 1.82) is 0 Å². The van der Waals surface area contributed by atoms with Crippen LogP contribution in [0, 0.1) is 4.77 Å². The first kappa shape index (κ1) is 12.2. The minimum atomic E-state index is 0.553. The van der Waals surface area contributed by atoms with Gasteiger partial charge in [-0.1, -0.05) is 18.2 Å². The van der Waals surface area contributed by atoms with Crippen LogP contribution in [0.1, 0.15) is 5.76 Å². The van der Waals surface area contributed by atoms with Crippen LogP contribution in [0.15, 0.2) is 53.3 Å². The summed E-state index contributed by atoms with van der Waals surface area (Å²) in [4.78, 5) is 3.26. The Morgan fingerprint density at radius 2 is 2.10 bits per heavy atom. The van der Waals surface area contributed by atoms with Crippen molar-refractivity contribution in [3.63, 3.8) is 0 Å². The van der Waals surface area contributed by atoms with E-state index in [9.17, 15) is 0 Å². The smallest absolute Gasteiger partial charge is 0.195 e. The highest BCUT2D eigenvalue weighted by molar-refractivity contribution is 7.71. The quantitative estimate of drug-likeness (QED) is 0.566. The average Bonchev–Trinajstić information content (AvgIpc) is 3.21. The number of nitrogens with one attached hydrogen (secondary N) is 2. The molecule has 0 bridgehead atoms. The van der Waals surface area contributed by atoms with Gasteiger partial charge in [-0.2, -0.15) is 5.10 Å². The first-order valence-corrected chi connectivity index (χ1v) is 6.98. The summed E-state index contributed by atoms with van der Waals surface area (Å²) in [6, 6.07) is 11.9. The zero-order valence-electron chi connectivity index (χ0n) is 11.0. The summed E-state index contributed by atoms with van der Waals surface area (Å²) in [5, 5.41) is 8.35. The molecule has 6 heteroatoms. The average molecular weight is 296 g/mol. The molecule has 5 nitrogen and oxygen atoms in total. The van der Waals surface area contributed by atoms with Crippen LogP contribution < -0.4 is 0 Å². The van der Waals surface area contributed by atoms with E-state index in [0.717, 1.165) is 28.1 Å². The molecular formula is C15H12N4OS. The molecule has 4 aromatic rings. The monoisotopic (exact) mass is 296 g/mol. The Balaban J connectivity index is 1.88. The number of aromatic amines is 2. The van der Waals surface area contributed by atoms with Crippen molar-refractivity contribution in [3.8, 4) is 11.4 Å². The lowest BCUT2D eigenvalue weighted by Crippen LogP contribution is -2.01. The zero-order valence-corrected chi connectivity index (χ0v) is 11.9. The lowest BCUT2D eigenvalue weighted by Gasteiger charge is -2.04. The fraction of sp³-hybridized carbons (Fsp3) is 0.0667. The third-order valence-corrected chi connectivity index (χ3v) is 3.79. The van der Waals surface area contributed by atoms with E-state index in [1.54, 1.807) is 6.26 Å². The van der Waals surface area contributed by atoms with Crippen molar-refractivity contribution in [3.05, 3.63) is 59.4 Å². The van der Waals surface area contributed by atoms with Gasteiger partial charge in [-0.25, -0.2) is 0 Å². The number of furan rings is 1. The zero-order chi connectivity index (χ0) is 14.2. The van der Waals surface area contributed by atoms with Gasteiger partial charge in [0.25, 0.3) is 0 Å². The van der Waals surface area contributed by atoms with Crippen LogP contribution in [0.25, 0.3) is 22.3 Å². The second kappa shape index (κ2) is 4.75. The van der Waals surface area contributed by atoms with Gasteiger partial charge in [0.2, 0.25) is 0 Å². The molecule has 0 spiro atoms. The van der Waals surface area contributed by atoms with Crippen LogP contribution in [-0.2, 0) is 6.54 Å². The molecule has 0 saturated heterocycles. The Bertz CT molecular complexity index is 946. The van der Waals surface area contributed by atoms with Crippen LogP contribution in [0.3, 0.4) is 0 Å². The van der Waals surface area contributed by atoms with Gasteiger partial charge in [0.1, 0.15) is 5.76 Å². The van der Waals surface area contributed by atoms with Crippen LogP contribution in [0.2, 0.25) is 0 Å². The first-order chi connectivity index (χ1) is 10.3. The summed E-state index contributed by atoms with van der Waals surface area (Å²) in [7, 11) is 0. The highest BCUT2D eigenvalue weighted by Crippen LogP contribution is 2.27. The van der Waals surface area contributed by atoms with Gasteiger partial charge < -0.3 is 9.40 Å². The lowest BCUT2D eigenvalue weighted by atomic mass is 10.1. The highest BCUT2D eigenvalue weighted by atomic mass is 32.1. The van der Waals surface area contributed by atoms with E-state index >= 15 is 0 Å². The fourth-order valence-electron chi connectivity index (χ4n) is 2.48. The maximum atomic E-state index is 5.41. The largest absolute Gasteiger partial charge is 0.467 e. The van der Waals surface area contributed by atoms with Gasteiger partial charge in [0.05, 0.1) is 12.8 Å². The number of benzene rings is 1. The summed E-state index contributed by atoms with van der Waals surface area (Å²) in [5.74, 6) is 1.64. The summed E-state index contributed by atoms with van der Waals surface area (Å²) in [5.41, 5.74) is 2.09. The molecule has 21 heavy (non-hydrogen) atoms. The number of hydrogen-bond donors (Lipinski definition) is 2. The van der Waals surface area contributed by atoms with Crippen LogP contribution in [0.4, 0.5) is 0 Å². The number of nitrogens with zero attached hydrogens (tertiary/aromatic N) is 2. The van der Waals surface area contributed by atoms with E-state index in [4.69, 9.17) is 16.6 Å². The Kier molecular flexibility index (Phi) is 2.75. The molecule has 4 rings (SSSR count). The van der Waals surface area contributed by atoms with Gasteiger partial charge in [0.15, 0.2) is 10.6 Å². The van der Waals surface area contributed by atoms with Crippen molar-refractivity contribution in [1.82, 2.24) is 19.7 Å². The molecule has 1 aromatic carbocycles. The van der Waals surface area contributed by atoms with Crippen LogP contribution >= 0.6 is 12.2 Å². The normalized spacial score (nSPS) is 11.2. The lowest BCUT2D eigenvalue weighted by molar-refractivity contribution is 0.493. The summed E-state index contributed by atoms with van der Waals surface area (Å²) >= 11 is 5.34. The van der Waals surface area contributed by atoms with Gasteiger partial charge in [0, 0.05) is 22.7 Å². The number of hydrogen-bond acceptors (Lipinski definition) is 3. The summed E-state index contributed by atoms with van der Waals surface area (Å²) in [6.07, 6.45) is 3.61. The number of H-pyrrole nitrogens is 2.